The minimum atomic E-state index is -0.937. The summed E-state index contributed by atoms with van der Waals surface area (Å²) in [5.41, 5.74) is 1.88. The van der Waals surface area contributed by atoms with Crippen LogP contribution in [0.1, 0.15) is 36.5 Å². The average molecular weight is 284 g/mol. The predicted molar refractivity (Wildman–Crippen MR) is 83.9 cm³/mol. The number of carboxylic acids is 1. The molecule has 0 aliphatic carbocycles. The topological polar surface area (TPSA) is 46.5 Å². The maximum Gasteiger partial charge on any atom is 0.336 e. The second-order valence-electron chi connectivity index (χ2n) is 4.93. The highest BCUT2D eigenvalue weighted by Crippen LogP contribution is 2.27. The largest absolute Gasteiger partial charge is 0.494 e. The number of hydrogen-bond donors (Lipinski definition) is 1. The Morgan fingerprint density at radius 2 is 1.86 bits per heavy atom. The molecule has 0 aliphatic heterocycles. The van der Waals surface area contributed by atoms with Gasteiger partial charge in [0.15, 0.2) is 0 Å². The summed E-state index contributed by atoms with van der Waals surface area (Å²) in [6.07, 6.45) is 3.24. The van der Waals surface area contributed by atoms with Gasteiger partial charge in [0.05, 0.1) is 12.2 Å². The van der Waals surface area contributed by atoms with Crippen molar-refractivity contribution >= 4 is 5.97 Å². The summed E-state index contributed by atoms with van der Waals surface area (Å²) in [6, 6.07) is 14.8. The Labute approximate surface area is 125 Å². The van der Waals surface area contributed by atoms with E-state index in [9.17, 15) is 9.90 Å². The van der Waals surface area contributed by atoms with E-state index in [4.69, 9.17) is 4.74 Å². The van der Waals surface area contributed by atoms with Gasteiger partial charge in [-0.3, -0.25) is 0 Å². The fraction of sp³-hybridized carbons (Fsp3) is 0.278. The molecule has 21 heavy (non-hydrogen) atoms. The molecule has 2 aromatic carbocycles. The highest BCUT2D eigenvalue weighted by Gasteiger charge is 2.13. The van der Waals surface area contributed by atoms with Crippen molar-refractivity contribution in [1.29, 1.82) is 0 Å². The van der Waals surface area contributed by atoms with E-state index in [-0.39, 0.29) is 5.56 Å². The molecule has 3 nitrogen and oxygen atoms in total. The smallest absolute Gasteiger partial charge is 0.336 e. The van der Waals surface area contributed by atoms with E-state index >= 15 is 0 Å². The van der Waals surface area contributed by atoms with Crippen molar-refractivity contribution in [3.63, 3.8) is 0 Å². The first kappa shape index (κ1) is 15.1. The Morgan fingerprint density at radius 3 is 2.52 bits per heavy atom. The lowest BCUT2D eigenvalue weighted by Gasteiger charge is -2.10. The van der Waals surface area contributed by atoms with Crippen molar-refractivity contribution in [2.75, 3.05) is 6.61 Å². The zero-order valence-electron chi connectivity index (χ0n) is 12.2. The summed E-state index contributed by atoms with van der Waals surface area (Å²) in [7, 11) is 0. The van der Waals surface area contributed by atoms with Crippen molar-refractivity contribution in [2.24, 2.45) is 0 Å². The first-order chi connectivity index (χ1) is 10.2. The predicted octanol–water partition coefficient (Wildman–Crippen LogP) is 4.62. The van der Waals surface area contributed by atoms with Crippen LogP contribution in [0.5, 0.6) is 5.75 Å². The lowest BCUT2D eigenvalue weighted by Crippen LogP contribution is -2.02. The molecule has 3 heteroatoms. The number of ether oxygens (including phenoxy) is 1. The number of aromatic carboxylic acids is 1. The molecule has 0 spiro atoms. The van der Waals surface area contributed by atoms with Crippen molar-refractivity contribution < 1.29 is 14.6 Å². The number of hydrogen-bond acceptors (Lipinski definition) is 2. The number of rotatable bonds is 7. The summed E-state index contributed by atoms with van der Waals surface area (Å²) in [5, 5.41) is 9.41. The lowest BCUT2D eigenvalue weighted by atomic mass is 9.99. The van der Waals surface area contributed by atoms with Crippen LogP contribution in [0, 0.1) is 0 Å². The first-order valence-corrected chi connectivity index (χ1v) is 7.28. The third kappa shape index (κ3) is 4.09. The van der Waals surface area contributed by atoms with Crippen LogP contribution in [0.3, 0.4) is 0 Å². The van der Waals surface area contributed by atoms with Gasteiger partial charge in [-0.05, 0) is 35.7 Å². The van der Waals surface area contributed by atoms with E-state index in [1.165, 1.54) is 0 Å². The summed E-state index contributed by atoms with van der Waals surface area (Å²) >= 11 is 0. The monoisotopic (exact) mass is 284 g/mol. The molecule has 0 aliphatic rings. The van der Waals surface area contributed by atoms with Crippen LogP contribution in [-0.4, -0.2) is 17.7 Å². The molecule has 0 aromatic heterocycles. The maximum absolute atomic E-state index is 11.5. The van der Waals surface area contributed by atoms with Gasteiger partial charge in [-0.1, -0.05) is 50.1 Å². The number of benzene rings is 2. The van der Waals surface area contributed by atoms with E-state index in [0.717, 1.165) is 24.8 Å². The fourth-order valence-corrected chi connectivity index (χ4v) is 2.20. The molecular formula is C18H20O3. The van der Waals surface area contributed by atoms with Gasteiger partial charge in [0.25, 0.3) is 0 Å². The molecule has 0 amide bonds. The Balaban J connectivity index is 2.22. The minimum Gasteiger partial charge on any atom is -0.494 e. The van der Waals surface area contributed by atoms with Crippen molar-refractivity contribution in [3.05, 3.63) is 54.1 Å². The van der Waals surface area contributed by atoms with Gasteiger partial charge in [-0.2, -0.15) is 0 Å². The molecule has 0 unspecified atom stereocenters. The minimum absolute atomic E-state index is 0.272. The normalized spacial score (nSPS) is 10.3. The van der Waals surface area contributed by atoms with Crippen molar-refractivity contribution in [1.82, 2.24) is 0 Å². The van der Waals surface area contributed by atoms with E-state index in [1.54, 1.807) is 6.07 Å². The van der Waals surface area contributed by atoms with Crippen LogP contribution in [0.2, 0.25) is 0 Å². The number of carboxylic acid groups (broad SMARTS) is 1. The maximum atomic E-state index is 11.5. The standard InChI is InChI=1S/C18H20O3/c1-2-3-7-12-21-15-10-11-16(17(13-15)18(19)20)14-8-5-4-6-9-14/h4-6,8-11,13H,2-3,7,12H2,1H3,(H,19,20). The molecular weight excluding hydrogens is 264 g/mol. The Bertz CT molecular complexity index is 591. The molecule has 0 radical (unpaired) electrons. The quantitative estimate of drug-likeness (QED) is 0.754. The van der Waals surface area contributed by atoms with Crippen LogP contribution in [0.25, 0.3) is 11.1 Å². The van der Waals surface area contributed by atoms with Gasteiger partial charge >= 0.3 is 5.97 Å². The van der Waals surface area contributed by atoms with Gasteiger partial charge in [-0.25, -0.2) is 4.79 Å². The molecule has 1 N–H and O–H groups in total. The van der Waals surface area contributed by atoms with E-state index in [1.807, 2.05) is 42.5 Å². The summed E-state index contributed by atoms with van der Waals surface area (Å²) in [5.74, 6) is -0.323. The molecule has 2 aromatic rings. The molecule has 0 saturated carbocycles. The molecule has 0 bridgehead atoms. The molecule has 110 valence electrons. The van der Waals surface area contributed by atoms with Gasteiger partial charge < -0.3 is 9.84 Å². The van der Waals surface area contributed by atoms with Gasteiger partial charge in [-0.15, -0.1) is 0 Å². The third-order valence-electron chi connectivity index (χ3n) is 3.32. The number of unbranched alkanes of at least 4 members (excludes halogenated alkanes) is 2. The van der Waals surface area contributed by atoms with Gasteiger partial charge in [0, 0.05) is 0 Å². The van der Waals surface area contributed by atoms with Gasteiger partial charge in [0.1, 0.15) is 5.75 Å². The Morgan fingerprint density at radius 1 is 1.10 bits per heavy atom. The Hall–Kier alpha value is -2.29. The van der Waals surface area contributed by atoms with E-state index in [0.29, 0.717) is 17.9 Å². The second kappa shape index (κ2) is 7.48. The second-order valence-corrected chi connectivity index (χ2v) is 4.93. The van der Waals surface area contributed by atoms with Crippen molar-refractivity contribution in [2.45, 2.75) is 26.2 Å². The summed E-state index contributed by atoms with van der Waals surface area (Å²) < 4.78 is 5.63. The molecule has 0 saturated heterocycles. The van der Waals surface area contributed by atoms with Gasteiger partial charge in [0.2, 0.25) is 0 Å². The average Bonchev–Trinajstić information content (AvgIpc) is 2.52. The van der Waals surface area contributed by atoms with Crippen molar-refractivity contribution in [3.8, 4) is 16.9 Å². The SMILES string of the molecule is CCCCCOc1ccc(-c2ccccc2)c(C(=O)O)c1. The highest BCUT2D eigenvalue weighted by atomic mass is 16.5. The van der Waals surface area contributed by atoms with Crippen LogP contribution in [0.4, 0.5) is 0 Å². The zero-order valence-corrected chi connectivity index (χ0v) is 12.2. The fourth-order valence-electron chi connectivity index (χ4n) is 2.20. The molecule has 2 rings (SSSR count). The van der Waals surface area contributed by atoms with Crippen LogP contribution < -0.4 is 4.74 Å². The molecule has 0 atom stereocenters. The van der Waals surface area contributed by atoms with Crippen LogP contribution in [0.15, 0.2) is 48.5 Å². The highest BCUT2D eigenvalue weighted by molar-refractivity contribution is 5.96. The molecule has 0 fully saturated rings. The summed E-state index contributed by atoms with van der Waals surface area (Å²) in [4.78, 5) is 11.5. The number of carbonyl (C=O) groups is 1. The third-order valence-corrected chi connectivity index (χ3v) is 3.32. The van der Waals surface area contributed by atoms with Crippen LogP contribution in [-0.2, 0) is 0 Å². The Kier molecular flexibility index (Phi) is 5.38. The first-order valence-electron chi connectivity index (χ1n) is 7.28. The zero-order chi connectivity index (χ0) is 15.1. The van der Waals surface area contributed by atoms with E-state index in [2.05, 4.69) is 6.92 Å². The molecule has 0 heterocycles. The van der Waals surface area contributed by atoms with E-state index < -0.39 is 5.97 Å². The van der Waals surface area contributed by atoms with Crippen LogP contribution >= 0.6 is 0 Å². The lowest BCUT2D eigenvalue weighted by molar-refractivity contribution is 0.0697. The summed E-state index contributed by atoms with van der Waals surface area (Å²) in [6.45, 7) is 2.76.